The van der Waals surface area contributed by atoms with Crippen LogP contribution in [0.1, 0.15) is 32.6 Å². The molecule has 5 nitrogen and oxygen atoms in total. The minimum Gasteiger partial charge on any atom is -0.353 e. The van der Waals surface area contributed by atoms with Gasteiger partial charge in [-0.3, -0.25) is 0 Å². The zero-order valence-electron chi connectivity index (χ0n) is 12.1. The zero-order valence-corrected chi connectivity index (χ0v) is 12.1. The third-order valence-corrected chi connectivity index (χ3v) is 4.45. The molecule has 2 aromatic rings. The average molecular weight is 273 g/mol. The molecule has 5 heteroatoms. The second-order valence-electron chi connectivity index (χ2n) is 5.55. The number of hydrogen-bond donors (Lipinski definition) is 1. The van der Waals surface area contributed by atoms with E-state index in [4.69, 9.17) is 10.7 Å². The summed E-state index contributed by atoms with van der Waals surface area (Å²) in [7, 11) is 0. The Labute approximate surface area is 119 Å². The summed E-state index contributed by atoms with van der Waals surface area (Å²) in [6, 6.07) is 4.53. The van der Waals surface area contributed by atoms with E-state index in [1.54, 1.807) is 10.7 Å². The van der Waals surface area contributed by atoms with Crippen LogP contribution in [0.25, 0.3) is 5.65 Å². The van der Waals surface area contributed by atoms with Crippen molar-refractivity contribution in [3.63, 3.8) is 0 Å². The summed E-state index contributed by atoms with van der Waals surface area (Å²) in [6.45, 7) is 3.94. The Bertz CT molecular complexity index is 564. The van der Waals surface area contributed by atoms with Crippen LogP contribution in [0.5, 0.6) is 0 Å². The van der Waals surface area contributed by atoms with Crippen molar-refractivity contribution in [1.29, 1.82) is 0 Å². The molecule has 0 radical (unpaired) electrons. The summed E-state index contributed by atoms with van der Waals surface area (Å²) in [4.78, 5) is 7.16. The Kier molecular flexibility index (Phi) is 3.87. The third kappa shape index (κ3) is 2.38. The summed E-state index contributed by atoms with van der Waals surface area (Å²) in [6.07, 6.45) is 8.85. The van der Waals surface area contributed by atoms with E-state index in [-0.39, 0.29) is 0 Å². The van der Waals surface area contributed by atoms with E-state index < -0.39 is 0 Å². The van der Waals surface area contributed by atoms with Gasteiger partial charge in [0.2, 0.25) is 0 Å². The number of rotatable bonds is 4. The van der Waals surface area contributed by atoms with Gasteiger partial charge in [-0.25, -0.2) is 9.50 Å². The van der Waals surface area contributed by atoms with Crippen LogP contribution in [0.3, 0.4) is 0 Å². The smallest absolute Gasteiger partial charge is 0.157 e. The van der Waals surface area contributed by atoms with Gasteiger partial charge in [-0.2, -0.15) is 5.10 Å². The van der Waals surface area contributed by atoms with Crippen molar-refractivity contribution in [2.45, 2.75) is 38.6 Å². The molecule has 2 heterocycles. The first-order valence-electron chi connectivity index (χ1n) is 7.60. The van der Waals surface area contributed by atoms with E-state index >= 15 is 0 Å². The third-order valence-electron chi connectivity index (χ3n) is 4.45. The van der Waals surface area contributed by atoms with Crippen molar-refractivity contribution in [3.05, 3.63) is 24.5 Å². The average Bonchev–Trinajstić information content (AvgIpc) is 2.96. The van der Waals surface area contributed by atoms with E-state index in [0.29, 0.717) is 12.0 Å². The molecule has 2 N–H and O–H groups in total. The molecule has 1 aliphatic carbocycles. The summed E-state index contributed by atoms with van der Waals surface area (Å²) in [5.74, 6) is 1.64. The van der Waals surface area contributed by atoms with Crippen molar-refractivity contribution in [2.75, 3.05) is 18.0 Å². The lowest BCUT2D eigenvalue weighted by Gasteiger charge is -2.40. The van der Waals surface area contributed by atoms with E-state index in [2.05, 4.69) is 23.0 Å². The Hall–Kier alpha value is -1.62. The largest absolute Gasteiger partial charge is 0.353 e. The Morgan fingerprint density at radius 1 is 1.35 bits per heavy atom. The van der Waals surface area contributed by atoms with Crippen LogP contribution in [-0.4, -0.2) is 33.7 Å². The molecule has 1 saturated carbocycles. The molecule has 3 rings (SSSR count). The molecular weight excluding hydrogens is 250 g/mol. The number of nitrogens with zero attached hydrogens (tertiary/aromatic N) is 4. The molecule has 2 aromatic heterocycles. The first kappa shape index (κ1) is 13.4. The minimum absolute atomic E-state index is 0.525. The van der Waals surface area contributed by atoms with Crippen molar-refractivity contribution < 1.29 is 0 Å². The molecule has 0 aliphatic heterocycles. The van der Waals surface area contributed by atoms with Gasteiger partial charge in [-0.05, 0) is 38.3 Å². The van der Waals surface area contributed by atoms with Crippen LogP contribution >= 0.6 is 0 Å². The normalized spacial score (nSPS) is 23.1. The maximum absolute atomic E-state index is 5.98. The molecule has 108 valence electrons. The first-order chi connectivity index (χ1) is 9.83. The van der Waals surface area contributed by atoms with E-state index in [9.17, 15) is 0 Å². The highest BCUT2D eigenvalue weighted by Crippen LogP contribution is 2.30. The van der Waals surface area contributed by atoms with Gasteiger partial charge in [-0.15, -0.1) is 0 Å². The zero-order chi connectivity index (χ0) is 13.9. The van der Waals surface area contributed by atoms with Crippen LogP contribution < -0.4 is 10.6 Å². The number of hydrogen-bond acceptors (Lipinski definition) is 4. The SMILES string of the molecule is CCN(c1ccn2nccc2n1)C1CCCCC1CN. The molecule has 0 aromatic carbocycles. The highest BCUT2D eigenvalue weighted by Gasteiger charge is 2.29. The lowest BCUT2D eigenvalue weighted by Crippen LogP contribution is -2.45. The standard InChI is InChI=1S/C15H23N5/c1-2-19(13-6-4-3-5-12(13)11-16)14-8-10-20-15(18-14)7-9-17-20/h7-10,12-13H,2-6,11,16H2,1H3. The second-order valence-corrected chi connectivity index (χ2v) is 5.55. The maximum atomic E-state index is 5.98. The van der Waals surface area contributed by atoms with Crippen LogP contribution in [0.15, 0.2) is 24.5 Å². The minimum atomic E-state index is 0.525. The predicted molar refractivity (Wildman–Crippen MR) is 80.8 cm³/mol. The van der Waals surface area contributed by atoms with Gasteiger partial charge >= 0.3 is 0 Å². The van der Waals surface area contributed by atoms with Gasteiger partial charge in [-0.1, -0.05) is 12.8 Å². The summed E-state index contributed by atoms with van der Waals surface area (Å²) in [5.41, 5.74) is 6.88. The van der Waals surface area contributed by atoms with Crippen LogP contribution in [0.2, 0.25) is 0 Å². The quantitative estimate of drug-likeness (QED) is 0.926. The molecule has 0 saturated heterocycles. The maximum Gasteiger partial charge on any atom is 0.157 e. The Morgan fingerprint density at radius 2 is 2.20 bits per heavy atom. The fraction of sp³-hybridized carbons (Fsp3) is 0.600. The van der Waals surface area contributed by atoms with Gasteiger partial charge < -0.3 is 10.6 Å². The van der Waals surface area contributed by atoms with E-state index in [1.165, 1.54) is 25.7 Å². The lowest BCUT2D eigenvalue weighted by atomic mass is 9.83. The van der Waals surface area contributed by atoms with Crippen molar-refractivity contribution in [2.24, 2.45) is 11.7 Å². The molecule has 1 aliphatic rings. The molecule has 2 unspecified atom stereocenters. The van der Waals surface area contributed by atoms with Gasteiger partial charge in [0.15, 0.2) is 5.65 Å². The van der Waals surface area contributed by atoms with E-state index in [1.807, 2.05) is 12.3 Å². The summed E-state index contributed by atoms with van der Waals surface area (Å²) in [5, 5.41) is 4.20. The van der Waals surface area contributed by atoms with Gasteiger partial charge in [0, 0.05) is 24.8 Å². The van der Waals surface area contributed by atoms with E-state index in [0.717, 1.165) is 24.6 Å². The number of nitrogens with two attached hydrogens (primary N) is 1. The molecule has 0 spiro atoms. The Balaban J connectivity index is 1.91. The molecule has 1 fully saturated rings. The van der Waals surface area contributed by atoms with Crippen molar-refractivity contribution in [3.8, 4) is 0 Å². The highest BCUT2D eigenvalue weighted by molar-refractivity contribution is 5.48. The highest BCUT2D eigenvalue weighted by atomic mass is 15.3. The van der Waals surface area contributed by atoms with Gasteiger partial charge in [0.25, 0.3) is 0 Å². The summed E-state index contributed by atoms with van der Waals surface area (Å²) >= 11 is 0. The molecule has 0 bridgehead atoms. The summed E-state index contributed by atoms with van der Waals surface area (Å²) < 4.78 is 1.80. The van der Waals surface area contributed by atoms with Gasteiger partial charge in [0.05, 0.1) is 6.20 Å². The van der Waals surface area contributed by atoms with Crippen molar-refractivity contribution >= 4 is 11.5 Å². The molecule has 0 amide bonds. The fourth-order valence-electron chi connectivity index (χ4n) is 3.40. The monoisotopic (exact) mass is 273 g/mol. The topological polar surface area (TPSA) is 59.5 Å². The van der Waals surface area contributed by atoms with Crippen LogP contribution in [0.4, 0.5) is 5.82 Å². The van der Waals surface area contributed by atoms with Gasteiger partial charge in [0.1, 0.15) is 5.82 Å². The molecule has 20 heavy (non-hydrogen) atoms. The molecule has 2 atom stereocenters. The fourth-order valence-corrected chi connectivity index (χ4v) is 3.40. The second kappa shape index (κ2) is 5.79. The molecular formula is C15H23N5. The number of fused-ring (bicyclic) bond motifs is 1. The van der Waals surface area contributed by atoms with Crippen LogP contribution in [-0.2, 0) is 0 Å². The number of aromatic nitrogens is 3. The predicted octanol–water partition coefficient (Wildman–Crippen LogP) is 2.07. The van der Waals surface area contributed by atoms with Crippen molar-refractivity contribution in [1.82, 2.24) is 14.6 Å². The number of anilines is 1. The van der Waals surface area contributed by atoms with Crippen LogP contribution in [0, 0.1) is 5.92 Å². The lowest BCUT2D eigenvalue weighted by molar-refractivity contribution is 0.299. The first-order valence-corrected chi connectivity index (χ1v) is 7.60. The Morgan fingerprint density at radius 3 is 3.00 bits per heavy atom.